The fraction of sp³-hybridized carbons (Fsp3) is 0.909. The van der Waals surface area contributed by atoms with Crippen molar-refractivity contribution in [1.82, 2.24) is 5.32 Å². The molecule has 2 fully saturated rings. The van der Waals surface area contributed by atoms with E-state index in [-0.39, 0.29) is 6.04 Å². The Morgan fingerprint density at radius 1 is 1.33 bits per heavy atom. The van der Waals surface area contributed by atoms with Gasteiger partial charge in [0.05, 0.1) is 5.37 Å². The number of hydrogen-bond donors (Lipinski definition) is 2. The van der Waals surface area contributed by atoms with Crippen molar-refractivity contribution >= 4 is 17.7 Å². The molecule has 15 heavy (non-hydrogen) atoms. The van der Waals surface area contributed by atoms with Gasteiger partial charge in [-0.15, -0.1) is 11.8 Å². The molecule has 1 aliphatic heterocycles. The molecule has 0 bridgehead atoms. The van der Waals surface area contributed by atoms with Gasteiger partial charge in [0, 0.05) is 5.75 Å². The summed E-state index contributed by atoms with van der Waals surface area (Å²) in [4.78, 5) is 10.8. The lowest BCUT2D eigenvalue weighted by atomic mass is 9.83. The molecule has 1 saturated heterocycles. The minimum absolute atomic E-state index is 0.320. The summed E-state index contributed by atoms with van der Waals surface area (Å²) >= 11 is 1.79. The van der Waals surface area contributed by atoms with Crippen LogP contribution in [0.5, 0.6) is 0 Å². The van der Waals surface area contributed by atoms with Crippen molar-refractivity contribution in [2.45, 2.75) is 44.0 Å². The first kappa shape index (κ1) is 11.3. The maximum absolute atomic E-state index is 10.8. The summed E-state index contributed by atoms with van der Waals surface area (Å²) in [6.07, 6.45) is 5.14. The van der Waals surface area contributed by atoms with Crippen LogP contribution in [0.25, 0.3) is 0 Å². The highest BCUT2D eigenvalue weighted by molar-refractivity contribution is 8.00. The minimum Gasteiger partial charge on any atom is -0.480 e. The maximum atomic E-state index is 10.8. The number of nitrogens with one attached hydrogen (secondary N) is 1. The van der Waals surface area contributed by atoms with Crippen molar-refractivity contribution < 1.29 is 9.90 Å². The van der Waals surface area contributed by atoms with Crippen molar-refractivity contribution in [1.29, 1.82) is 0 Å². The number of carboxylic acid groups (broad SMARTS) is 1. The summed E-state index contributed by atoms with van der Waals surface area (Å²) in [7, 11) is 0. The molecular weight excluding hydrogens is 210 g/mol. The molecule has 0 aromatic heterocycles. The molecule has 2 rings (SSSR count). The van der Waals surface area contributed by atoms with E-state index in [1.807, 2.05) is 0 Å². The summed E-state index contributed by atoms with van der Waals surface area (Å²) in [5.74, 6) is 1.58. The van der Waals surface area contributed by atoms with Crippen molar-refractivity contribution in [3.8, 4) is 0 Å². The summed E-state index contributed by atoms with van der Waals surface area (Å²) in [5.41, 5.74) is 0. The molecule has 0 radical (unpaired) electrons. The van der Waals surface area contributed by atoms with Crippen molar-refractivity contribution in [3.63, 3.8) is 0 Å². The van der Waals surface area contributed by atoms with Gasteiger partial charge in [-0.25, -0.2) is 0 Å². The Labute approximate surface area is 95.0 Å². The molecule has 86 valence electrons. The zero-order valence-corrected chi connectivity index (χ0v) is 9.93. The predicted octanol–water partition coefficient (Wildman–Crippen LogP) is 1.93. The number of carbonyl (C=O) groups is 1. The standard InChI is InChI=1S/C11H19NO2S/c1-7-2-4-8(5-3-7)10-12-9(6-15-10)11(13)14/h7-10,12H,2-6H2,1H3,(H,13,14). The first-order chi connectivity index (χ1) is 7.16. The molecule has 2 N–H and O–H groups in total. The Morgan fingerprint density at radius 2 is 2.00 bits per heavy atom. The van der Waals surface area contributed by atoms with E-state index in [0.717, 1.165) is 11.7 Å². The molecule has 2 aliphatic rings. The Kier molecular flexibility index (Phi) is 3.57. The van der Waals surface area contributed by atoms with Crippen LogP contribution < -0.4 is 5.32 Å². The topological polar surface area (TPSA) is 49.3 Å². The molecule has 1 aliphatic carbocycles. The average Bonchev–Trinajstić information content (AvgIpc) is 2.68. The molecular formula is C11H19NO2S. The highest BCUT2D eigenvalue weighted by atomic mass is 32.2. The van der Waals surface area contributed by atoms with E-state index in [9.17, 15) is 4.79 Å². The Morgan fingerprint density at radius 3 is 2.53 bits per heavy atom. The molecule has 1 saturated carbocycles. The zero-order valence-electron chi connectivity index (χ0n) is 9.11. The molecule has 0 amide bonds. The van der Waals surface area contributed by atoms with E-state index in [1.165, 1.54) is 25.7 Å². The molecule has 2 atom stereocenters. The Bertz CT molecular complexity index is 239. The average molecular weight is 229 g/mol. The zero-order chi connectivity index (χ0) is 10.8. The third kappa shape index (κ3) is 2.67. The number of thioether (sulfide) groups is 1. The largest absolute Gasteiger partial charge is 0.480 e. The fourth-order valence-corrected chi connectivity index (χ4v) is 3.94. The van der Waals surface area contributed by atoms with Gasteiger partial charge in [0.1, 0.15) is 6.04 Å². The smallest absolute Gasteiger partial charge is 0.321 e. The van der Waals surface area contributed by atoms with E-state index in [2.05, 4.69) is 12.2 Å². The van der Waals surface area contributed by atoms with E-state index >= 15 is 0 Å². The second-order valence-electron chi connectivity index (χ2n) is 4.83. The molecule has 0 spiro atoms. The van der Waals surface area contributed by atoms with Gasteiger partial charge in [0.15, 0.2) is 0 Å². The van der Waals surface area contributed by atoms with Crippen LogP contribution in [0.1, 0.15) is 32.6 Å². The van der Waals surface area contributed by atoms with E-state index < -0.39 is 5.97 Å². The number of carboxylic acids is 1. The van der Waals surface area contributed by atoms with E-state index in [1.54, 1.807) is 11.8 Å². The van der Waals surface area contributed by atoms with E-state index in [0.29, 0.717) is 11.3 Å². The Balaban J connectivity index is 1.83. The van der Waals surface area contributed by atoms with Gasteiger partial charge < -0.3 is 5.11 Å². The molecule has 0 aromatic rings. The van der Waals surface area contributed by atoms with Crippen molar-refractivity contribution in [2.75, 3.05) is 5.75 Å². The highest BCUT2D eigenvalue weighted by Crippen LogP contribution is 2.36. The van der Waals surface area contributed by atoms with Crippen molar-refractivity contribution in [3.05, 3.63) is 0 Å². The SMILES string of the molecule is CC1CCC(C2NC(C(=O)O)CS2)CC1. The number of rotatable bonds is 2. The fourth-order valence-electron chi connectivity index (χ4n) is 2.50. The number of aliphatic carboxylic acids is 1. The van der Waals surface area contributed by atoms with Crippen LogP contribution in [0.2, 0.25) is 0 Å². The minimum atomic E-state index is -0.700. The van der Waals surface area contributed by atoms with Crippen molar-refractivity contribution in [2.24, 2.45) is 11.8 Å². The van der Waals surface area contributed by atoms with E-state index in [4.69, 9.17) is 5.11 Å². The van der Waals surface area contributed by atoms with Crippen LogP contribution >= 0.6 is 11.8 Å². The summed E-state index contributed by atoms with van der Waals surface area (Å²) in [6.45, 7) is 2.31. The maximum Gasteiger partial charge on any atom is 0.321 e. The lowest BCUT2D eigenvalue weighted by Gasteiger charge is -2.30. The first-order valence-electron chi connectivity index (χ1n) is 5.77. The summed E-state index contributed by atoms with van der Waals surface area (Å²) in [5, 5.41) is 12.5. The first-order valence-corrected chi connectivity index (χ1v) is 6.82. The Hall–Kier alpha value is -0.220. The summed E-state index contributed by atoms with van der Waals surface area (Å²) < 4.78 is 0. The lowest BCUT2D eigenvalue weighted by molar-refractivity contribution is -0.138. The molecule has 2 unspecified atom stereocenters. The van der Waals surface area contributed by atoms with Crippen LogP contribution in [-0.2, 0) is 4.79 Å². The van der Waals surface area contributed by atoms with Gasteiger partial charge in [-0.1, -0.05) is 19.8 Å². The molecule has 3 nitrogen and oxygen atoms in total. The second kappa shape index (κ2) is 4.74. The normalized spacial score (nSPS) is 41.7. The second-order valence-corrected chi connectivity index (χ2v) is 6.01. The predicted molar refractivity (Wildman–Crippen MR) is 61.9 cm³/mol. The van der Waals surface area contributed by atoms with Crippen LogP contribution in [0.15, 0.2) is 0 Å². The van der Waals surface area contributed by atoms with Crippen LogP contribution in [-0.4, -0.2) is 28.2 Å². The number of hydrogen-bond acceptors (Lipinski definition) is 3. The van der Waals surface area contributed by atoms with Gasteiger partial charge >= 0.3 is 5.97 Å². The van der Waals surface area contributed by atoms with Crippen LogP contribution in [0, 0.1) is 11.8 Å². The summed E-state index contributed by atoms with van der Waals surface area (Å²) in [6, 6.07) is -0.320. The third-order valence-corrected chi connectivity index (χ3v) is 5.00. The van der Waals surface area contributed by atoms with Gasteiger partial charge in [0.25, 0.3) is 0 Å². The van der Waals surface area contributed by atoms with Gasteiger partial charge in [0.2, 0.25) is 0 Å². The third-order valence-electron chi connectivity index (χ3n) is 3.59. The van der Waals surface area contributed by atoms with Crippen LogP contribution in [0.3, 0.4) is 0 Å². The molecule has 4 heteroatoms. The highest BCUT2D eigenvalue weighted by Gasteiger charge is 2.35. The van der Waals surface area contributed by atoms with Crippen LogP contribution in [0.4, 0.5) is 0 Å². The quantitative estimate of drug-likeness (QED) is 0.759. The van der Waals surface area contributed by atoms with Gasteiger partial charge in [-0.05, 0) is 24.7 Å². The molecule has 1 heterocycles. The van der Waals surface area contributed by atoms with Gasteiger partial charge in [-0.2, -0.15) is 0 Å². The van der Waals surface area contributed by atoms with Gasteiger partial charge in [-0.3, -0.25) is 10.1 Å². The monoisotopic (exact) mass is 229 g/mol. The molecule has 0 aromatic carbocycles. The lowest BCUT2D eigenvalue weighted by Crippen LogP contribution is -2.40.